The fourth-order valence-corrected chi connectivity index (χ4v) is 4.23. The van der Waals surface area contributed by atoms with Crippen LogP contribution in [0.2, 0.25) is 0 Å². The van der Waals surface area contributed by atoms with E-state index >= 15 is 0 Å². The summed E-state index contributed by atoms with van der Waals surface area (Å²) in [4.78, 5) is 12.4. The molecule has 0 saturated heterocycles. The van der Waals surface area contributed by atoms with Crippen LogP contribution in [0.5, 0.6) is 0 Å². The fourth-order valence-electron chi connectivity index (χ4n) is 4.23. The van der Waals surface area contributed by atoms with Crippen LogP contribution in [0.15, 0.2) is 36.0 Å². The highest BCUT2D eigenvalue weighted by atomic mass is 16.6. The van der Waals surface area contributed by atoms with Gasteiger partial charge in [-0.15, -0.1) is 6.42 Å². The summed E-state index contributed by atoms with van der Waals surface area (Å²) >= 11 is 0. The van der Waals surface area contributed by atoms with Crippen molar-refractivity contribution in [3.05, 3.63) is 36.0 Å². The lowest BCUT2D eigenvalue weighted by atomic mass is 9.82. The zero-order valence-electron chi connectivity index (χ0n) is 17.4. The van der Waals surface area contributed by atoms with Crippen LogP contribution in [0.1, 0.15) is 78.6 Å². The molecule has 0 aromatic carbocycles. The van der Waals surface area contributed by atoms with Crippen LogP contribution in [0.25, 0.3) is 0 Å². The van der Waals surface area contributed by atoms with Crippen molar-refractivity contribution >= 4 is 5.97 Å². The van der Waals surface area contributed by atoms with Crippen molar-refractivity contribution in [2.45, 2.75) is 84.2 Å². The lowest BCUT2D eigenvalue weighted by molar-refractivity contribution is -0.153. The van der Waals surface area contributed by atoms with Crippen LogP contribution in [0, 0.1) is 30.1 Å². The highest BCUT2D eigenvalue weighted by molar-refractivity contribution is 5.70. The van der Waals surface area contributed by atoms with Gasteiger partial charge in [0.1, 0.15) is 0 Å². The summed E-state index contributed by atoms with van der Waals surface area (Å²) in [6, 6.07) is 0. The Morgan fingerprint density at radius 2 is 2.07 bits per heavy atom. The molecule has 2 aliphatic carbocycles. The molecule has 0 amide bonds. The summed E-state index contributed by atoms with van der Waals surface area (Å²) in [7, 11) is 0. The summed E-state index contributed by atoms with van der Waals surface area (Å²) < 4.78 is 5.50. The second kappa shape index (κ2) is 10.5. The monoisotopic (exact) mass is 368 g/mol. The standard InChI is InChI=1S/C25H36O2/c1-5-10-22-17-15-21(14-13-20-11-8-7-9-12-20)16-18-23(22)19-24(26)27-25(3,4)6-2/h2,7-9,11,15,20,22-23H,5,10,12-14,16-19H2,1,3-4H3. The second-order valence-corrected chi connectivity index (χ2v) is 8.63. The topological polar surface area (TPSA) is 26.3 Å². The van der Waals surface area contributed by atoms with Crippen molar-refractivity contribution < 1.29 is 9.53 Å². The second-order valence-electron chi connectivity index (χ2n) is 8.63. The lowest BCUT2D eigenvalue weighted by Gasteiger charge is -2.26. The van der Waals surface area contributed by atoms with Crippen LogP contribution in [-0.2, 0) is 9.53 Å². The molecule has 2 nitrogen and oxygen atoms in total. The van der Waals surface area contributed by atoms with E-state index in [1.807, 2.05) is 0 Å². The van der Waals surface area contributed by atoms with Crippen molar-refractivity contribution in [1.82, 2.24) is 0 Å². The zero-order valence-corrected chi connectivity index (χ0v) is 17.4. The molecule has 0 bridgehead atoms. The molecule has 2 rings (SSSR count). The van der Waals surface area contributed by atoms with Gasteiger partial charge in [-0.2, -0.15) is 0 Å². The van der Waals surface area contributed by atoms with Crippen molar-refractivity contribution in [2.75, 3.05) is 0 Å². The Labute approximate surface area is 166 Å². The molecule has 0 radical (unpaired) electrons. The van der Waals surface area contributed by atoms with Crippen molar-refractivity contribution in [2.24, 2.45) is 17.8 Å². The normalized spacial score (nSPS) is 25.4. The average molecular weight is 369 g/mol. The molecule has 2 aliphatic rings. The van der Waals surface area contributed by atoms with Crippen LogP contribution in [-0.4, -0.2) is 11.6 Å². The SMILES string of the molecule is C#CC(C)(C)OC(=O)CC1CCC(CCC2C=CC=CC2)=CCC1CCC. The van der Waals surface area contributed by atoms with E-state index in [4.69, 9.17) is 11.2 Å². The molecule has 3 atom stereocenters. The van der Waals surface area contributed by atoms with E-state index in [1.54, 1.807) is 19.4 Å². The van der Waals surface area contributed by atoms with Crippen molar-refractivity contribution in [3.8, 4) is 12.3 Å². The Balaban J connectivity index is 1.90. The van der Waals surface area contributed by atoms with E-state index in [1.165, 1.54) is 25.7 Å². The molecule has 2 heteroatoms. The van der Waals surface area contributed by atoms with Crippen LogP contribution < -0.4 is 0 Å². The highest BCUT2D eigenvalue weighted by Crippen LogP contribution is 2.36. The van der Waals surface area contributed by atoms with E-state index < -0.39 is 5.60 Å². The number of carbonyl (C=O) groups is 1. The van der Waals surface area contributed by atoms with Gasteiger partial charge in [0.05, 0.1) is 0 Å². The molecule has 0 fully saturated rings. The predicted octanol–water partition coefficient (Wildman–Crippen LogP) is 6.39. The lowest BCUT2D eigenvalue weighted by Crippen LogP contribution is -2.28. The molecule has 0 spiro atoms. The van der Waals surface area contributed by atoms with E-state index in [-0.39, 0.29) is 5.97 Å². The van der Waals surface area contributed by atoms with Gasteiger partial charge < -0.3 is 4.74 Å². The highest BCUT2D eigenvalue weighted by Gasteiger charge is 2.28. The summed E-state index contributed by atoms with van der Waals surface area (Å²) in [6.07, 6.45) is 26.6. The van der Waals surface area contributed by atoms with Crippen LogP contribution in [0.4, 0.5) is 0 Å². The minimum atomic E-state index is -0.812. The first kappa shape index (κ1) is 21.5. The third-order valence-corrected chi connectivity index (χ3v) is 5.92. The molecule has 0 aliphatic heterocycles. The first-order valence-electron chi connectivity index (χ1n) is 10.6. The summed E-state index contributed by atoms with van der Waals surface area (Å²) in [5.41, 5.74) is 0.770. The van der Waals surface area contributed by atoms with Gasteiger partial charge in [0.2, 0.25) is 0 Å². The third-order valence-electron chi connectivity index (χ3n) is 5.92. The molecule has 0 aromatic rings. The Kier molecular flexibility index (Phi) is 8.42. The Hall–Kier alpha value is -1.75. The number of terminal acetylenes is 1. The van der Waals surface area contributed by atoms with E-state index in [0.717, 1.165) is 25.7 Å². The molecule has 0 heterocycles. The average Bonchev–Trinajstić information content (AvgIpc) is 2.83. The number of allylic oxidation sites excluding steroid dienone is 6. The maximum atomic E-state index is 12.4. The van der Waals surface area contributed by atoms with E-state index in [9.17, 15) is 4.79 Å². The van der Waals surface area contributed by atoms with Crippen LogP contribution in [0.3, 0.4) is 0 Å². The maximum absolute atomic E-state index is 12.4. The Bertz CT molecular complexity index is 615. The molecule has 27 heavy (non-hydrogen) atoms. The van der Waals surface area contributed by atoms with E-state index in [2.05, 4.69) is 43.2 Å². The van der Waals surface area contributed by atoms with Gasteiger partial charge in [0.15, 0.2) is 5.60 Å². The van der Waals surface area contributed by atoms with Gasteiger partial charge in [0, 0.05) is 6.42 Å². The minimum absolute atomic E-state index is 0.147. The van der Waals surface area contributed by atoms with Crippen molar-refractivity contribution in [3.63, 3.8) is 0 Å². The van der Waals surface area contributed by atoms with Gasteiger partial charge >= 0.3 is 5.97 Å². The fraction of sp³-hybridized carbons (Fsp3) is 0.640. The Morgan fingerprint density at radius 3 is 2.74 bits per heavy atom. The predicted molar refractivity (Wildman–Crippen MR) is 113 cm³/mol. The number of hydrogen-bond donors (Lipinski definition) is 0. The number of hydrogen-bond acceptors (Lipinski definition) is 2. The molecule has 0 saturated carbocycles. The molecule has 148 valence electrons. The summed E-state index contributed by atoms with van der Waals surface area (Å²) in [6.45, 7) is 5.78. The molecule has 0 aromatic heterocycles. The number of esters is 1. The Morgan fingerprint density at radius 1 is 1.26 bits per heavy atom. The summed E-state index contributed by atoms with van der Waals surface area (Å²) in [5.74, 6) is 4.06. The largest absolute Gasteiger partial charge is 0.446 e. The van der Waals surface area contributed by atoms with Gasteiger partial charge in [0.25, 0.3) is 0 Å². The van der Waals surface area contributed by atoms with E-state index in [0.29, 0.717) is 24.2 Å². The molecular formula is C25H36O2. The third kappa shape index (κ3) is 7.41. The minimum Gasteiger partial charge on any atom is -0.446 e. The first-order valence-corrected chi connectivity index (χ1v) is 10.6. The molecule has 3 unspecified atom stereocenters. The van der Waals surface area contributed by atoms with Crippen molar-refractivity contribution in [1.29, 1.82) is 0 Å². The van der Waals surface area contributed by atoms with Gasteiger partial charge in [-0.3, -0.25) is 4.79 Å². The number of carbonyl (C=O) groups excluding carboxylic acids is 1. The molecular weight excluding hydrogens is 332 g/mol. The molecule has 0 N–H and O–H groups in total. The quantitative estimate of drug-likeness (QED) is 0.282. The van der Waals surface area contributed by atoms with Gasteiger partial charge in [-0.05, 0) is 70.1 Å². The van der Waals surface area contributed by atoms with Gasteiger partial charge in [-0.1, -0.05) is 61.6 Å². The smallest absolute Gasteiger partial charge is 0.307 e. The maximum Gasteiger partial charge on any atom is 0.307 e. The zero-order chi connectivity index (χ0) is 19.7. The number of rotatable bonds is 8. The summed E-state index contributed by atoms with van der Waals surface area (Å²) in [5, 5.41) is 0. The van der Waals surface area contributed by atoms with Crippen LogP contribution >= 0.6 is 0 Å². The first-order chi connectivity index (χ1) is 12.9. The van der Waals surface area contributed by atoms with Gasteiger partial charge in [-0.25, -0.2) is 0 Å². The number of ether oxygens (including phenoxy) is 1.